The standard InChI is InChI=1S/C15H19N3O3S/c1-4-8(2)13(15(20)21)18-14(19)11-5-10(6-16-11)12-7-22-9(3)17-12/h5-8,13,16H,4H2,1-3H3,(H,18,19)(H,20,21). The van der Waals surface area contributed by atoms with E-state index in [0.29, 0.717) is 12.1 Å². The van der Waals surface area contributed by atoms with Crippen molar-refractivity contribution in [2.75, 3.05) is 0 Å². The van der Waals surface area contributed by atoms with E-state index in [2.05, 4.69) is 15.3 Å². The number of nitrogens with zero attached hydrogens (tertiary/aromatic N) is 1. The van der Waals surface area contributed by atoms with E-state index in [4.69, 9.17) is 0 Å². The minimum absolute atomic E-state index is 0.142. The van der Waals surface area contributed by atoms with E-state index < -0.39 is 17.9 Å². The number of carbonyl (C=O) groups excluding carboxylic acids is 1. The van der Waals surface area contributed by atoms with Gasteiger partial charge in [-0.15, -0.1) is 11.3 Å². The van der Waals surface area contributed by atoms with Gasteiger partial charge in [-0.05, 0) is 18.9 Å². The van der Waals surface area contributed by atoms with Gasteiger partial charge < -0.3 is 15.4 Å². The van der Waals surface area contributed by atoms with Gasteiger partial charge in [-0.1, -0.05) is 20.3 Å². The molecule has 7 heteroatoms. The van der Waals surface area contributed by atoms with E-state index in [1.807, 2.05) is 19.2 Å². The van der Waals surface area contributed by atoms with Crippen LogP contribution in [-0.2, 0) is 4.79 Å². The van der Waals surface area contributed by atoms with Gasteiger partial charge in [0.15, 0.2) is 0 Å². The van der Waals surface area contributed by atoms with Crippen molar-refractivity contribution >= 4 is 23.2 Å². The predicted molar refractivity (Wildman–Crippen MR) is 85.0 cm³/mol. The second-order valence-electron chi connectivity index (χ2n) is 5.23. The Morgan fingerprint density at radius 2 is 2.23 bits per heavy atom. The van der Waals surface area contributed by atoms with Gasteiger partial charge in [0, 0.05) is 17.1 Å². The fraction of sp³-hybridized carbons (Fsp3) is 0.400. The number of aliphatic carboxylic acids is 1. The molecule has 0 bridgehead atoms. The summed E-state index contributed by atoms with van der Waals surface area (Å²) in [5.74, 6) is -1.59. The monoisotopic (exact) mass is 321 g/mol. The molecule has 0 fully saturated rings. The van der Waals surface area contributed by atoms with Gasteiger partial charge in [0.25, 0.3) is 5.91 Å². The summed E-state index contributed by atoms with van der Waals surface area (Å²) in [6, 6.07) is 0.782. The lowest BCUT2D eigenvalue weighted by molar-refractivity contribution is -0.140. The molecule has 0 saturated heterocycles. The quantitative estimate of drug-likeness (QED) is 0.762. The summed E-state index contributed by atoms with van der Waals surface area (Å²) in [4.78, 5) is 30.7. The number of hydrogen-bond donors (Lipinski definition) is 3. The van der Waals surface area contributed by atoms with Crippen LogP contribution < -0.4 is 5.32 Å². The van der Waals surface area contributed by atoms with Crippen LogP contribution in [0.25, 0.3) is 11.3 Å². The Labute approximate surface area is 132 Å². The first kappa shape index (κ1) is 16.2. The number of carboxylic acids is 1. The summed E-state index contributed by atoms with van der Waals surface area (Å²) in [5.41, 5.74) is 1.94. The molecule has 0 spiro atoms. The van der Waals surface area contributed by atoms with Crippen LogP contribution in [0.5, 0.6) is 0 Å². The number of carboxylic acid groups (broad SMARTS) is 1. The third-order valence-corrected chi connectivity index (χ3v) is 4.38. The molecule has 118 valence electrons. The summed E-state index contributed by atoms with van der Waals surface area (Å²) in [6.07, 6.45) is 2.37. The Morgan fingerprint density at radius 1 is 1.50 bits per heavy atom. The van der Waals surface area contributed by atoms with E-state index in [9.17, 15) is 14.7 Å². The van der Waals surface area contributed by atoms with Crippen molar-refractivity contribution in [1.82, 2.24) is 15.3 Å². The number of aromatic nitrogens is 2. The molecule has 0 aliphatic heterocycles. The Hall–Kier alpha value is -2.15. The topological polar surface area (TPSA) is 95.1 Å². The zero-order chi connectivity index (χ0) is 16.3. The van der Waals surface area contributed by atoms with Crippen molar-refractivity contribution in [2.24, 2.45) is 5.92 Å². The van der Waals surface area contributed by atoms with Gasteiger partial charge in [0.2, 0.25) is 0 Å². The first-order chi connectivity index (χ1) is 10.4. The van der Waals surface area contributed by atoms with Crippen molar-refractivity contribution in [2.45, 2.75) is 33.2 Å². The Bertz CT molecular complexity index is 677. The van der Waals surface area contributed by atoms with Crippen molar-refractivity contribution in [1.29, 1.82) is 0 Å². The van der Waals surface area contributed by atoms with Gasteiger partial charge in [-0.3, -0.25) is 4.79 Å². The number of H-pyrrole nitrogens is 1. The van der Waals surface area contributed by atoms with E-state index in [0.717, 1.165) is 16.3 Å². The highest BCUT2D eigenvalue weighted by Crippen LogP contribution is 2.22. The molecular weight excluding hydrogens is 302 g/mol. The number of thiazole rings is 1. The van der Waals surface area contributed by atoms with Gasteiger partial charge in [0.1, 0.15) is 11.7 Å². The van der Waals surface area contributed by atoms with Crippen LogP contribution >= 0.6 is 11.3 Å². The van der Waals surface area contributed by atoms with Crippen LogP contribution in [0.4, 0.5) is 0 Å². The number of nitrogens with one attached hydrogen (secondary N) is 2. The number of hydrogen-bond acceptors (Lipinski definition) is 4. The molecule has 0 aliphatic carbocycles. The van der Waals surface area contributed by atoms with Gasteiger partial charge in [-0.2, -0.15) is 0 Å². The molecule has 1 amide bonds. The maximum Gasteiger partial charge on any atom is 0.326 e. The highest BCUT2D eigenvalue weighted by atomic mass is 32.1. The first-order valence-corrected chi connectivity index (χ1v) is 7.95. The van der Waals surface area contributed by atoms with Crippen LogP contribution in [0.1, 0.15) is 35.8 Å². The zero-order valence-electron chi connectivity index (χ0n) is 12.7. The van der Waals surface area contributed by atoms with E-state index in [1.165, 1.54) is 11.3 Å². The second-order valence-corrected chi connectivity index (χ2v) is 6.29. The molecule has 2 rings (SSSR count). The third kappa shape index (κ3) is 3.54. The number of aryl methyl sites for hydroxylation is 1. The maximum absolute atomic E-state index is 12.2. The molecule has 0 aliphatic rings. The van der Waals surface area contributed by atoms with Crippen LogP contribution in [0, 0.1) is 12.8 Å². The van der Waals surface area contributed by atoms with E-state index in [1.54, 1.807) is 19.2 Å². The Kier molecular flexibility index (Phi) is 4.97. The number of rotatable bonds is 6. The molecule has 6 nitrogen and oxygen atoms in total. The molecule has 2 heterocycles. The second kappa shape index (κ2) is 6.74. The van der Waals surface area contributed by atoms with Gasteiger partial charge in [0.05, 0.1) is 10.7 Å². The molecule has 22 heavy (non-hydrogen) atoms. The summed E-state index contributed by atoms with van der Waals surface area (Å²) < 4.78 is 0. The smallest absolute Gasteiger partial charge is 0.326 e. The molecule has 0 aromatic carbocycles. The molecule has 3 N–H and O–H groups in total. The zero-order valence-corrected chi connectivity index (χ0v) is 13.5. The fourth-order valence-corrected chi connectivity index (χ4v) is 2.69. The van der Waals surface area contributed by atoms with E-state index >= 15 is 0 Å². The Balaban J connectivity index is 2.13. The fourth-order valence-electron chi connectivity index (χ4n) is 2.07. The highest BCUT2D eigenvalue weighted by molar-refractivity contribution is 7.09. The summed E-state index contributed by atoms with van der Waals surface area (Å²) >= 11 is 1.54. The lowest BCUT2D eigenvalue weighted by atomic mass is 9.99. The third-order valence-electron chi connectivity index (χ3n) is 3.61. The normalized spacial score (nSPS) is 13.6. The largest absolute Gasteiger partial charge is 0.480 e. The van der Waals surface area contributed by atoms with Crippen LogP contribution in [-0.4, -0.2) is 33.0 Å². The molecular formula is C15H19N3O3S. The van der Waals surface area contributed by atoms with Crippen LogP contribution in [0.2, 0.25) is 0 Å². The molecule has 2 atom stereocenters. The summed E-state index contributed by atoms with van der Waals surface area (Å²) in [7, 11) is 0. The molecule has 0 radical (unpaired) electrons. The molecule has 2 aromatic heterocycles. The minimum Gasteiger partial charge on any atom is -0.480 e. The summed E-state index contributed by atoms with van der Waals surface area (Å²) in [6.45, 7) is 5.61. The average Bonchev–Trinajstić information content (AvgIpc) is 3.11. The minimum atomic E-state index is -1.02. The first-order valence-electron chi connectivity index (χ1n) is 7.07. The van der Waals surface area contributed by atoms with Gasteiger partial charge >= 0.3 is 5.97 Å². The SMILES string of the molecule is CCC(C)C(NC(=O)c1cc(-c2csc(C)n2)c[nH]1)C(=O)O. The number of carbonyl (C=O) groups is 2. The van der Waals surface area contributed by atoms with Crippen LogP contribution in [0.15, 0.2) is 17.6 Å². The van der Waals surface area contributed by atoms with Crippen molar-refractivity contribution in [3.63, 3.8) is 0 Å². The van der Waals surface area contributed by atoms with Crippen LogP contribution in [0.3, 0.4) is 0 Å². The van der Waals surface area contributed by atoms with Crippen molar-refractivity contribution < 1.29 is 14.7 Å². The number of aromatic amines is 1. The number of amides is 1. The van der Waals surface area contributed by atoms with Crippen molar-refractivity contribution in [3.8, 4) is 11.3 Å². The van der Waals surface area contributed by atoms with Gasteiger partial charge in [-0.25, -0.2) is 9.78 Å². The average molecular weight is 321 g/mol. The molecule has 2 aromatic rings. The van der Waals surface area contributed by atoms with Crippen molar-refractivity contribution in [3.05, 3.63) is 28.3 Å². The molecule has 0 saturated carbocycles. The Morgan fingerprint density at radius 3 is 2.77 bits per heavy atom. The predicted octanol–water partition coefficient (Wildman–Crippen LogP) is 2.68. The lowest BCUT2D eigenvalue weighted by Gasteiger charge is -2.19. The molecule has 2 unspecified atom stereocenters. The summed E-state index contributed by atoms with van der Waals surface area (Å²) in [5, 5.41) is 14.7. The lowest BCUT2D eigenvalue weighted by Crippen LogP contribution is -2.45. The van der Waals surface area contributed by atoms with E-state index in [-0.39, 0.29) is 5.92 Å². The maximum atomic E-state index is 12.2. The highest BCUT2D eigenvalue weighted by Gasteiger charge is 2.26.